The smallest absolute Gasteiger partial charge is 0.410 e. The number of amides is 1. The zero-order valence-electron chi connectivity index (χ0n) is 30.8. The number of hydrogen-bond donors (Lipinski definition) is 0. The lowest BCUT2D eigenvalue weighted by Crippen LogP contribution is -2.50. The third-order valence-corrected chi connectivity index (χ3v) is 10.1. The summed E-state index contributed by atoms with van der Waals surface area (Å²) in [5.41, 5.74) is 5.22. The topological polar surface area (TPSA) is 94.6 Å². The van der Waals surface area contributed by atoms with Crippen molar-refractivity contribution in [1.29, 1.82) is 0 Å². The molecule has 6 rings (SSSR count). The van der Waals surface area contributed by atoms with Gasteiger partial charge in [-0.2, -0.15) is 26.3 Å². The minimum Gasteiger partial charge on any atom is -0.458 e. The second kappa shape index (κ2) is 17.7. The number of rotatable bonds is 13. The Hall–Kier alpha value is -5.57. The summed E-state index contributed by atoms with van der Waals surface area (Å²) >= 11 is 0. The Morgan fingerprint density at radius 3 is 1.88 bits per heavy atom. The first kappa shape index (κ1) is 41.1. The van der Waals surface area contributed by atoms with E-state index in [2.05, 4.69) is 4.90 Å². The van der Waals surface area contributed by atoms with Crippen LogP contribution < -0.4 is 4.90 Å². The predicted molar refractivity (Wildman–Crippen MR) is 196 cm³/mol. The predicted octanol–water partition coefficient (Wildman–Crippen LogP) is 8.10. The van der Waals surface area contributed by atoms with Crippen molar-refractivity contribution < 1.29 is 59.7 Å². The molecule has 1 fully saturated rings. The molecule has 57 heavy (non-hydrogen) atoms. The van der Waals surface area contributed by atoms with Crippen molar-refractivity contribution in [3.05, 3.63) is 125 Å². The molecule has 1 heterocycles. The van der Waals surface area contributed by atoms with Gasteiger partial charge in [0.25, 0.3) is 0 Å². The lowest BCUT2D eigenvalue weighted by molar-refractivity contribution is -0.287. The van der Waals surface area contributed by atoms with Crippen molar-refractivity contribution in [3.8, 4) is 11.1 Å². The van der Waals surface area contributed by atoms with Crippen LogP contribution in [0.3, 0.4) is 0 Å². The van der Waals surface area contributed by atoms with Crippen LogP contribution >= 0.6 is 0 Å². The summed E-state index contributed by atoms with van der Waals surface area (Å²) in [4.78, 5) is 43.3. The van der Waals surface area contributed by atoms with Crippen LogP contribution in [-0.4, -0.2) is 87.4 Å². The minimum atomic E-state index is -5.85. The SMILES string of the molecule is CN(C(=O)OCC1c2ccccc2-c2ccccc21)[C@@H](CC(C(F)(F)F)C(F)(F)F)C(=O)O[C@H](Cc1ccc(N2CCOCC2)cc1)C(=O)OCc1ccccc1. The summed E-state index contributed by atoms with van der Waals surface area (Å²) in [7, 11) is 0.849. The number of benzene rings is 4. The highest BCUT2D eigenvalue weighted by molar-refractivity contribution is 5.85. The zero-order valence-corrected chi connectivity index (χ0v) is 30.8. The molecule has 4 aromatic rings. The Morgan fingerprint density at radius 1 is 0.737 bits per heavy atom. The highest BCUT2D eigenvalue weighted by Gasteiger charge is 2.58. The first-order valence-electron chi connectivity index (χ1n) is 18.2. The van der Waals surface area contributed by atoms with Crippen LogP contribution in [0.2, 0.25) is 0 Å². The van der Waals surface area contributed by atoms with Gasteiger partial charge in [0, 0.05) is 38.2 Å². The number of alkyl halides is 6. The lowest BCUT2D eigenvalue weighted by atomic mass is 9.97. The van der Waals surface area contributed by atoms with E-state index in [0.29, 0.717) is 42.3 Å². The number of nitrogens with zero attached hydrogens (tertiary/aromatic N) is 2. The van der Waals surface area contributed by atoms with Crippen molar-refractivity contribution in [1.82, 2.24) is 4.90 Å². The maximum absolute atomic E-state index is 14.0. The van der Waals surface area contributed by atoms with Crippen LogP contribution in [0.1, 0.15) is 34.6 Å². The average molecular weight is 799 g/mol. The first-order chi connectivity index (χ1) is 27.2. The van der Waals surface area contributed by atoms with E-state index in [4.69, 9.17) is 18.9 Å². The Kier molecular flexibility index (Phi) is 12.8. The van der Waals surface area contributed by atoms with Crippen LogP contribution in [-0.2, 0) is 41.6 Å². The van der Waals surface area contributed by atoms with Gasteiger partial charge >= 0.3 is 30.4 Å². The van der Waals surface area contributed by atoms with E-state index in [9.17, 15) is 40.7 Å². The van der Waals surface area contributed by atoms with Crippen LogP contribution in [0, 0.1) is 5.92 Å². The number of halogens is 6. The first-order valence-corrected chi connectivity index (χ1v) is 18.2. The number of carbonyl (C=O) groups is 3. The monoisotopic (exact) mass is 798 g/mol. The van der Waals surface area contributed by atoms with Gasteiger partial charge in [0.2, 0.25) is 6.10 Å². The Morgan fingerprint density at radius 2 is 1.30 bits per heavy atom. The normalized spacial score (nSPS) is 15.3. The fourth-order valence-corrected chi connectivity index (χ4v) is 7.00. The lowest BCUT2D eigenvalue weighted by Gasteiger charge is -2.32. The molecule has 1 aliphatic carbocycles. The van der Waals surface area contributed by atoms with Crippen molar-refractivity contribution in [3.63, 3.8) is 0 Å². The second-order valence-corrected chi connectivity index (χ2v) is 13.8. The molecule has 1 aliphatic heterocycles. The maximum atomic E-state index is 14.0. The number of likely N-dealkylation sites (N-methyl/N-ethyl adjacent to an activating group) is 1. The number of fused-ring (bicyclic) bond motifs is 3. The highest BCUT2D eigenvalue weighted by Crippen LogP contribution is 2.45. The fourth-order valence-electron chi connectivity index (χ4n) is 7.00. The fraction of sp³-hybridized carbons (Fsp3) is 0.357. The van der Waals surface area contributed by atoms with E-state index in [1.54, 1.807) is 66.7 Å². The molecule has 9 nitrogen and oxygen atoms in total. The highest BCUT2D eigenvalue weighted by atomic mass is 19.4. The van der Waals surface area contributed by atoms with Crippen molar-refractivity contribution in [2.75, 3.05) is 44.9 Å². The molecular formula is C42H40F6N2O7. The third-order valence-electron chi connectivity index (χ3n) is 10.1. The van der Waals surface area contributed by atoms with Crippen LogP contribution in [0.5, 0.6) is 0 Å². The summed E-state index contributed by atoms with van der Waals surface area (Å²) in [6.07, 6.45) is -17.2. The Balaban J connectivity index is 1.24. The molecular weight excluding hydrogens is 758 g/mol. The van der Waals surface area contributed by atoms with E-state index in [1.165, 1.54) is 0 Å². The molecule has 0 bridgehead atoms. The molecule has 0 spiro atoms. The van der Waals surface area contributed by atoms with Gasteiger partial charge in [-0.1, -0.05) is 91.0 Å². The summed E-state index contributed by atoms with van der Waals surface area (Å²) in [5, 5.41) is 0. The third kappa shape index (κ3) is 10.1. The van der Waals surface area contributed by atoms with E-state index < -0.39 is 60.8 Å². The van der Waals surface area contributed by atoms with Crippen LogP contribution in [0.4, 0.5) is 36.8 Å². The van der Waals surface area contributed by atoms with Crippen LogP contribution in [0.15, 0.2) is 103 Å². The summed E-state index contributed by atoms with van der Waals surface area (Å²) in [6, 6.07) is 27.4. The molecule has 0 radical (unpaired) electrons. The molecule has 1 saturated heterocycles. The second-order valence-electron chi connectivity index (χ2n) is 13.8. The molecule has 2 atom stereocenters. The van der Waals surface area contributed by atoms with Crippen molar-refractivity contribution in [2.45, 2.75) is 49.9 Å². The minimum absolute atomic E-state index is 0.267. The standard InChI is InChI=1S/C42H40F6N2O7/c1-49(40(53)56-26-34-32-13-7-5-11-30(32)31-12-6-8-14-33(31)34)35(24-37(41(43,44)45)42(46,47)48)38(51)57-36(39(52)55-25-28-9-3-2-4-10-28)23-27-15-17-29(18-16-27)50-19-21-54-22-20-50/h2-18,34-37H,19-26H2,1H3/t35-,36+/m0/s1. The maximum Gasteiger partial charge on any atom is 0.410 e. The van der Waals surface area contributed by atoms with E-state index in [1.807, 2.05) is 36.4 Å². The number of ether oxygens (including phenoxy) is 4. The molecule has 4 aromatic carbocycles. The number of hydrogen-bond acceptors (Lipinski definition) is 8. The molecule has 15 heteroatoms. The Labute approximate surface area is 325 Å². The quantitative estimate of drug-likeness (QED) is 0.0762. The number of anilines is 1. The van der Waals surface area contributed by atoms with Gasteiger partial charge in [0.1, 0.15) is 19.3 Å². The Bertz CT molecular complexity index is 1940. The van der Waals surface area contributed by atoms with E-state index in [0.717, 1.165) is 35.0 Å². The van der Waals surface area contributed by atoms with Gasteiger partial charge in [-0.15, -0.1) is 0 Å². The van der Waals surface area contributed by atoms with E-state index in [-0.39, 0.29) is 19.6 Å². The van der Waals surface area contributed by atoms with Crippen molar-refractivity contribution in [2.24, 2.45) is 5.92 Å². The number of carbonyl (C=O) groups excluding carboxylic acids is 3. The summed E-state index contributed by atoms with van der Waals surface area (Å²) < 4.78 is 105. The van der Waals surface area contributed by atoms with Gasteiger partial charge < -0.3 is 23.8 Å². The molecule has 0 unspecified atom stereocenters. The largest absolute Gasteiger partial charge is 0.458 e. The van der Waals surface area contributed by atoms with E-state index >= 15 is 0 Å². The van der Waals surface area contributed by atoms with Gasteiger partial charge in [-0.05, 0) is 51.9 Å². The average Bonchev–Trinajstić information content (AvgIpc) is 3.52. The summed E-state index contributed by atoms with van der Waals surface area (Å²) in [5.74, 6) is -7.31. The number of esters is 2. The van der Waals surface area contributed by atoms with Gasteiger partial charge in [-0.25, -0.2) is 14.4 Å². The summed E-state index contributed by atoms with van der Waals surface area (Å²) in [6.45, 7) is 1.74. The molecule has 2 aliphatic rings. The molecule has 0 aromatic heterocycles. The van der Waals surface area contributed by atoms with Crippen LogP contribution in [0.25, 0.3) is 11.1 Å². The molecule has 1 amide bonds. The molecule has 302 valence electrons. The molecule has 0 N–H and O–H groups in total. The number of morpholine rings is 1. The van der Waals surface area contributed by atoms with Crippen molar-refractivity contribution >= 4 is 23.7 Å². The zero-order chi connectivity index (χ0) is 40.7. The van der Waals surface area contributed by atoms with Gasteiger partial charge in [0.15, 0.2) is 5.92 Å². The molecule has 0 saturated carbocycles. The van der Waals surface area contributed by atoms with Gasteiger partial charge in [0.05, 0.1) is 13.2 Å². The van der Waals surface area contributed by atoms with Gasteiger partial charge in [-0.3, -0.25) is 4.90 Å².